The van der Waals surface area contributed by atoms with Crippen molar-refractivity contribution in [3.63, 3.8) is 0 Å². The molecule has 0 aliphatic carbocycles. The van der Waals surface area contributed by atoms with Crippen molar-refractivity contribution in [2.75, 3.05) is 33.2 Å². The zero-order chi connectivity index (χ0) is 35.5. The molecule has 0 bridgehead atoms. The molecule has 1 amide bonds. The number of likely N-dealkylation sites (N-methyl/N-ethyl adjacent to an activating group) is 2. The highest BCUT2D eigenvalue weighted by Crippen LogP contribution is 2.37. The molecule has 270 valence electrons. The van der Waals surface area contributed by atoms with Crippen LogP contribution in [-0.2, 0) is 19.0 Å². The molecular formula is C36H62N2O9. The van der Waals surface area contributed by atoms with Gasteiger partial charge in [0.25, 0.3) is 0 Å². The highest BCUT2D eigenvalue weighted by atomic mass is 16.6. The summed E-state index contributed by atoms with van der Waals surface area (Å²) in [6, 6.07) is 0. The molecule has 0 saturated carbocycles. The summed E-state index contributed by atoms with van der Waals surface area (Å²) in [7, 11) is 1.66. The second-order valence-electron chi connectivity index (χ2n) is 14.0. The minimum Gasteiger partial charge on any atom is -0.457 e. The first kappa shape index (κ1) is 40.9. The number of amides is 1. The Bertz CT molecular complexity index is 1080. The molecule has 4 N–H and O–H groups in total. The van der Waals surface area contributed by atoms with E-state index in [0.29, 0.717) is 31.5 Å². The van der Waals surface area contributed by atoms with Crippen molar-refractivity contribution in [2.24, 2.45) is 11.8 Å². The monoisotopic (exact) mass is 666 g/mol. The van der Waals surface area contributed by atoms with Crippen LogP contribution in [0.5, 0.6) is 0 Å². The van der Waals surface area contributed by atoms with Gasteiger partial charge < -0.3 is 44.4 Å². The molecule has 0 aromatic carbocycles. The lowest BCUT2D eigenvalue weighted by atomic mass is 9.88. The van der Waals surface area contributed by atoms with Crippen LogP contribution >= 0.6 is 0 Å². The second-order valence-corrected chi connectivity index (χ2v) is 14.0. The second kappa shape index (κ2) is 18.5. The molecule has 10 unspecified atom stereocenters. The number of epoxide rings is 1. The first-order valence-electron chi connectivity index (χ1n) is 17.3. The lowest BCUT2D eigenvalue weighted by Crippen LogP contribution is -2.45. The van der Waals surface area contributed by atoms with E-state index in [2.05, 4.69) is 18.7 Å². The number of allylic oxidation sites excluding steroid dienone is 2. The molecule has 11 nitrogen and oxygen atoms in total. The summed E-state index contributed by atoms with van der Waals surface area (Å²) in [5, 5.41) is 43.1. The number of hydrogen-bond donors (Lipinski definition) is 4. The Balaban J connectivity index is 2.21. The van der Waals surface area contributed by atoms with Crippen LogP contribution in [0, 0.1) is 11.8 Å². The molecule has 0 aromatic rings. The molecule has 10 atom stereocenters. The summed E-state index contributed by atoms with van der Waals surface area (Å²) in [6.45, 7) is 17.8. The third-order valence-corrected chi connectivity index (χ3v) is 9.55. The summed E-state index contributed by atoms with van der Waals surface area (Å²) in [4.78, 5) is 29.6. The number of esters is 1. The molecule has 2 heterocycles. The van der Waals surface area contributed by atoms with E-state index >= 15 is 0 Å². The van der Waals surface area contributed by atoms with Gasteiger partial charge in [0.15, 0.2) is 6.10 Å². The molecule has 0 aromatic heterocycles. The van der Waals surface area contributed by atoms with Gasteiger partial charge in [0, 0.05) is 38.4 Å². The maximum atomic E-state index is 13.1. The zero-order valence-electron chi connectivity index (χ0n) is 30.1. The third-order valence-electron chi connectivity index (χ3n) is 9.55. The molecule has 2 aliphatic rings. The van der Waals surface area contributed by atoms with E-state index in [1.807, 2.05) is 27.7 Å². The summed E-state index contributed by atoms with van der Waals surface area (Å²) in [5.74, 6) is -0.962. The van der Waals surface area contributed by atoms with Gasteiger partial charge in [-0.05, 0) is 64.8 Å². The van der Waals surface area contributed by atoms with Gasteiger partial charge in [0.2, 0.25) is 0 Å². The molecule has 2 aliphatic heterocycles. The molecule has 0 spiro atoms. The van der Waals surface area contributed by atoms with Crippen molar-refractivity contribution in [3.8, 4) is 0 Å². The van der Waals surface area contributed by atoms with Crippen LogP contribution in [0.4, 0.5) is 4.79 Å². The highest BCUT2D eigenvalue weighted by Gasteiger charge is 2.47. The average molecular weight is 667 g/mol. The van der Waals surface area contributed by atoms with E-state index in [1.165, 1.54) is 4.90 Å². The van der Waals surface area contributed by atoms with Crippen LogP contribution in [-0.4, -0.2) is 123 Å². The smallest absolute Gasteiger partial charge is 0.410 e. The molecular weight excluding hydrogens is 604 g/mol. The minimum absolute atomic E-state index is 0.0129. The molecule has 1 fully saturated rings. The van der Waals surface area contributed by atoms with Crippen LogP contribution in [0.25, 0.3) is 0 Å². The summed E-state index contributed by atoms with van der Waals surface area (Å²) < 4.78 is 17.4. The van der Waals surface area contributed by atoms with Gasteiger partial charge in [-0.2, -0.15) is 0 Å². The van der Waals surface area contributed by atoms with Crippen molar-refractivity contribution < 1.29 is 44.2 Å². The Morgan fingerprint density at radius 1 is 1.23 bits per heavy atom. The van der Waals surface area contributed by atoms with Crippen LogP contribution < -0.4 is 0 Å². The molecule has 0 radical (unpaired) electrons. The van der Waals surface area contributed by atoms with Crippen molar-refractivity contribution in [2.45, 2.75) is 135 Å². The quantitative estimate of drug-likeness (QED) is 0.0927. The topological polar surface area (TPSA) is 153 Å². The fourth-order valence-corrected chi connectivity index (χ4v) is 5.92. The maximum Gasteiger partial charge on any atom is 0.410 e. The van der Waals surface area contributed by atoms with Gasteiger partial charge >= 0.3 is 12.1 Å². The van der Waals surface area contributed by atoms with Crippen molar-refractivity contribution in [1.82, 2.24) is 9.80 Å². The Morgan fingerprint density at radius 2 is 1.89 bits per heavy atom. The number of aliphatic hydroxyl groups excluding tert-OH is 2. The van der Waals surface area contributed by atoms with Crippen molar-refractivity contribution in [3.05, 3.63) is 36.0 Å². The number of carbonyl (C=O) groups excluding carboxylic acids is 2. The van der Waals surface area contributed by atoms with Gasteiger partial charge in [0.05, 0.1) is 36.4 Å². The predicted octanol–water partition coefficient (Wildman–Crippen LogP) is 3.98. The van der Waals surface area contributed by atoms with E-state index in [-0.39, 0.29) is 43.3 Å². The van der Waals surface area contributed by atoms with Crippen LogP contribution in [0.3, 0.4) is 0 Å². The summed E-state index contributed by atoms with van der Waals surface area (Å²) >= 11 is 0. The van der Waals surface area contributed by atoms with Gasteiger partial charge in [-0.15, -0.1) is 0 Å². The number of nitrogens with zero attached hydrogens (tertiary/aromatic N) is 2. The summed E-state index contributed by atoms with van der Waals surface area (Å²) in [6.07, 6.45) is 5.53. The number of cyclic esters (lactones) is 1. The van der Waals surface area contributed by atoms with Gasteiger partial charge in [-0.25, -0.2) is 4.79 Å². The minimum atomic E-state index is -1.50. The third kappa shape index (κ3) is 13.3. The van der Waals surface area contributed by atoms with Crippen LogP contribution in [0.1, 0.15) is 87.5 Å². The van der Waals surface area contributed by atoms with Crippen molar-refractivity contribution >= 4 is 12.1 Å². The lowest BCUT2D eigenvalue weighted by Gasteiger charge is -2.34. The van der Waals surface area contributed by atoms with Gasteiger partial charge in [-0.3, -0.25) is 4.79 Å². The number of hydrogen-bond acceptors (Lipinski definition) is 10. The Kier molecular flexibility index (Phi) is 16.1. The van der Waals surface area contributed by atoms with Crippen molar-refractivity contribution in [1.29, 1.82) is 0 Å². The molecule has 2 rings (SSSR count). The SMILES string of the molecule is CCC(O)C(C)C1OC1CC(C)(O)C=CC=C(C)C1OC(=O)CC(O)CCC(C)(O)C(OC(=O)N(C)CCN(CC)CC)C=CC1C. The Morgan fingerprint density at radius 3 is 2.51 bits per heavy atom. The maximum absolute atomic E-state index is 13.1. The molecule has 11 heteroatoms. The Labute approximate surface area is 282 Å². The first-order chi connectivity index (χ1) is 21.9. The fraction of sp³-hybridized carbons (Fsp3) is 0.778. The number of rotatable bonds is 14. The standard InChI is InChI=1S/C36H62N2O9/c1-10-28(40)26(6)33-29(45-33)23-35(7,43)18-13-14-24(4)32-25(5)15-16-30(36(8,44)19-17-27(39)22-31(41)47-32)46-34(42)37(9)20-21-38(11-2)12-3/h13-16,18,25-30,32-33,39-40,43-44H,10-12,17,19-23H2,1-9H3. The highest BCUT2D eigenvalue weighted by molar-refractivity contribution is 5.70. The van der Waals surface area contributed by atoms with E-state index in [9.17, 15) is 30.0 Å². The van der Waals surface area contributed by atoms with Gasteiger partial charge in [-0.1, -0.05) is 58.9 Å². The van der Waals surface area contributed by atoms with E-state index in [0.717, 1.165) is 13.1 Å². The zero-order valence-corrected chi connectivity index (χ0v) is 30.1. The summed E-state index contributed by atoms with van der Waals surface area (Å²) in [5.41, 5.74) is -1.96. The fourth-order valence-electron chi connectivity index (χ4n) is 5.92. The normalized spacial score (nSPS) is 31.8. The number of aliphatic hydroxyl groups is 4. The number of ether oxygens (including phenoxy) is 3. The predicted molar refractivity (Wildman–Crippen MR) is 182 cm³/mol. The Hall–Kier alpha value is -2.28. The van der Waals surface area contributed by atoms with Gasteiger partial charge in [0.1, 0.15) is 11.7 Å². The average Bonchev–Trinajstić information content (AvgIpc) is 3.77. The molecule has 47 heavy (non-hydrogen) atoms. The lowest BCUT2D eigenvalue weighted by molar-refractivity contribution is -0.151. The first-order valence-corrected chi connectivity index (χ1v) is 17.3. The largest absolute Gasteiger partial charge is 0.457 e. The van der Waals surface area contributed by atoms with E-state index < -0.39 is 47.7 Å². The van der Waals surface area contributed by atoms with Crippen LogP contribution in [0.2, 0.25) is 0 Å². The van der Waals surface area contributed by atoms with E-state index in [1.54, 1.807) is 51.3 Å². The van der Waals surface area contributed by atoms with Crippen LogP contribution in [0.15, 0.2) is 36.0 Å². The van der Waals surface area contributed by atoms with E-state index in [4.69, 9.17) is 14.2 Å². The number of carbonyl (C=O) groups is 2. The molecule has 1 saturated heterocycles.